The molecule has 0 spiro atoms. The molecule has 3 aliphatic carbocycles. The lowest BCUT2D eigenvalue weighted by atomic mass is 9.55. The molecule has 5 heteroatoms. The van der Waals surface area contributed by atoms with Crippen molar-refractivity contribution in [3.05, 3.63) is 70.8 Å². The fourth-order valence-electron chi connectivity index (χ4n) is 5.17. The fourth-order valence-corrected chi connectivity index (χ4v) is 5.17. The number of aliphatic carboxylic acids is 1. The van der Waals surface area contributed by atoms with Gasteiger partial charge in [0.05, 0.1) is 18.3 Å². The highest BCUT2D eigenvalue weighted by Gasteiger charge is 2.61. The molecule has 0 saturated carbocycles. The second-order valence-corrected chi connectivity index (χ2v) is 7.24. The molecule has 0 radical (unpaired) electrons. The molecule has 1 fully saturated rings. The number of carbonyl (C=O) groups excluding carboxylic acids is 2. The first kappa shape index (κ1) is 15.3. The number of hydrogen-bond donors (Lipinski definition) is 1. The maximum atomic E-state index is 13.1. The SMILES string of the molecule is O=C(O)CCN1C(=O)[C@H]2C3c4ccccc4C(c4ccccc43)[C@@H]2C1=O. The van der Waals surface area contributed by atoms with E-state index in [0.29, 0.717) is 0 Å². The zero-order valence-corrected chi connectivity index (χ0v) is 14.0. The molecule has 1 aliphatic heterocycles. The molecular formula is C21H17NO4. The van der Waals surface area contributed by atoms with Gasteiger partial charge in [0.25, 0.3) is 0 Å². The van der Waals surface area contributed by atoms with Crippen molar-refractivity contribution in [2.24, 2.45) is 11.8 Å². The quantitative estimate of drug-likeness (QED) is 0.865. The van der Waals surface area contributed by atoms with Gasteiger partial charge in [-0.05, 0) is 22.3 Å². The summed E-state index contributed by atoms with van der Waals surface area (Å²) < 4.78 is 0. The van der Waals surface area contributed by atoms with Crippen LogP contribution in [0.2, 0.25) is 0 Å². The van der Waals surface area contributed by atoms with Crippen LogP contribution in [0.5, 0.6) is 0 Å². The van der Waals surface area contributed by atoms with Gasteiger partial charge in [-0.3, -0.25) is 19.3 Å². The third kappa shape index (κ3) is 1.83. The standard InChI is InChI=1S/C21H17NO4/c23-15(24)9-10-22-20(25)18-16-11-5-1-2-6-12(11)17(19(18)21(22)26)14-8-4-3-7-13(14)16/h1-8,16-19H,9-10H2,(H,23,24)/t16?,17?,18-,19-/m0/s1. The first-order valence-corrected chi connectivity index (χ1v) is 8.84. The summed E-state index contributed by atoms with van der Waals surface area (Å²) >= 11 is 0. The number of carboxylic acid groups (broad SMARTS) is 1. The lowest BCUT2D eigenvalue weighted by molar-refractivity contribution is -0.142. The summed E-state index contributed by atoms with van der Waals surface area (Å²) in [6.07, 6.45) is -0.216. The van der Waals surface area contributed by atoms with Crippen LogP contribution < -0.4 is 0 Å². The molecule has 2 aromatic carbocycles. The number of rotatable bonds is 3. The average molecular weight is 347 g/mol. The van der Waals surface area contributed by atoms with Crippen molar-refractivity contribution >= 4 is 17.8 Å². The van der Waals surface area contributed by atoms with Crippen LogP contribution in [-0.4, -0.2) is 34.3 Å². The number of imide groups is 1. The van der Waals surface area contributed by atoms with Crippen molar-refractivity contribution in [1.29, 1.82) is 0 Å². The second kappa shape index (κ2) is 5.27. The van der Waals surface area contributed by atoms with E-state index in [1.165, 1.54) is 4.90 Å². The maximum Gasteiger partial charge on any atom is 0.305 e. The molecule has 0 aromatic heterocycles. The van der Waals surface area contributed by atoms with Crippen molar-refractivity contribution in [2.45, 2.75) is 18.3 Å². The zero-order valence-electron chi connectivity index (χ0n) is 14.0. The van der Waals surface area contributed by atoms with Crippen LogP contribution in [0.4, 0.5) is 0 Å². The molecule has 6 rings (SSSR count). The zero-order chi connectivity index (χ0) is 18.0. The highest BCUT2D eigenvalue weighted by molar-refractivity contribution is 6.07. The van der Waals surface area contributed by atoms with Crippen LogP contribution in [0, 0.1) is 11.8 Å². The number of likely N-dealkylation sites (tertiary alicyclic amines) is 1. The number of amides is 2. The molecule has 1 saturated heterocycles. The Morgan fingerprint density at radius 2 is 1.19 bits per heavy atom. The van der Waals surface area contributed by atoms with Gasteiger partial charge in [-0.1, -0.05) is 48.5 Å². The van der Waals surface area contributed by atoms with Gasteiger partial charge in [0.2, 0.25) is 11.8 Å². The molecule has 130 valence electrons. The van der Waals surface area contributed by atoms with Crippen molar-refractivity contribution in [3.63, 3.8) is 0 Å². The van der Waals surface area contributed by atoms with E-state index in [9.17, 15) is 14.4 Å². The Morgan fingerprint density at radius 3 is 1.54 bits per heavy atom. The molecular weight excluding hydrogens is 330 g/mol. The molecule has 5 nitrogen and oxygen atoms in total. The van der Waals surface area contributed by atoms with E-state index in [4.69, 9.17) is 5.11 Å². The minimum Gasteiger partial charge on any atom is -0.481 e. The minimum absolute atomic E-state index is 0.0495. The van der Waals surface area contributed by atoms with Gasteiger partial charge in [-0.2, -0.15) is 0 Å². The van der Waals surface area contributed by atoms with E-state index >= 15 is 0 Å². The predicted octanol–water partition coefficient (Wildman–Crippen LogP) is 2.35. The third-order valence-corrected chi connectivity index (χ3v) is 6.09. The minimum atomic E-state index is -1.00. The number of hydrogen-bond acceptors (Lipinski definition) is 3. The van der Waals surface area contributed by atoms with Crippen molar-refractivity contribution in [1.82, 2.24) is 4.90 Å². The summed E-state index contributed by atoms with van der Waals surface area (Å²) in [4.78, 5) is 38.3. The smallest absolute Gasteiger partial charge is 0.305 e. The van der Waals surface area contributed by atoms with E-state index in [1.54, 1.807) is 0 Å². The Balaban J connectivity index is 1.67. The molecule has 2 atom stereocenters. The van der Waals surface area contributed by atoms with E-state index in [0.717, 1.165) is 22.3 Å². The van der Waals surface area contributed by atoms with Crippen LogP contribution in [0.15, 0.2) is 48.5 Å². The summed E-state index contributed by atoms with van der Waals surface area (Å²) in [5.41, 5.74) is 4.50. The Bertz CT molecular complexity index is 850. The number of carboxylic acids is 1. The highest BCUT2D eigenvalue weighted by atomic mass is 16.4. The van der Waals surface area contributed by atoms with E-state index in [2.05, 4.69) is 24.3 Å². The molecule has 2 aromatic rings. The topological polar surface area (TPSA) is 74.7 Å². The van der Waals surface area contributed by atoms with E-state index < -0.39 is 17.8 Å². The van der Waals surface area contributed by atoms with E-state index in [1.807, 2.05) is 24.3 Å². The van der Waals surface area contributed by atoms with Gasteiger partial charge in [-0.25, -0.2) is 0 Å². The predicted molar refractivity (Wildman–Crippen MR) is 92.5 cm³/mol. The lowest BCUT2D eigenvalue weighted by Gasteiger charge is -2.45. The summed E-state index contributed by atoms with van der Waals surface area (Å²) in [6, 6.07) is 16.1. The first-order valence-electron chi connectivity index (χ1n) is 8.84. The van der Waals surface area contributed by atoms with E-state index in [-0.39, 0.29) is 36.6 Å². The summed E-state index contributed by atoms with van der Waals surface area (Å²) in [5, 5.41) is 8.96. The van der Waals surface area contributed by atoms with Gasteiger partial charge in [0.15, 0.2) is 0 Å². The van der Waals surface area contributed by atoms with Crippen molar-refractivity contribution in [2.75, 3.05) is 6.54 Å². The molecule has 2 bridgehead atoms. The van der Waals surface area contributed by atoms with Gasteiger partial charge < -0.3 is 5.11 Å². The summed E-state index contributed by atoms with van der Waals surface area (Å²) in [7, 11) is 0. The first-order chi connectivity index (χ1) is 12.6. The van der Waals surface area contributed by atoms with Gasteiger partial charge in [0.1, 0.15) is 0 Å². The Labute approximate surface area is 150 Å². The van der Waals surface area contributed by atoms with Crippen LogP contribution >= 0.6 is 0 Å². The largest absolute Gasteiger partial charge is 0.481 e. The fraction of sp³-hybridized carbons (Fsp3) is 0.286. The molecule has 1 N–H and O–H groups in total. The highest BCUT2D eigenvalue weighted by Crippen LogP contribution is 2.60. The van der Waals surface area contributed by atoms with Crippen LogP contribution in [0.25, 0.3) is 0 Å². The number of benzene rings is 2. The van der Waals surface area contributed by atoms with Crippen LogP contribution in [0.3, 0.4) is 0 Å². The van der Waals surface area contributed by atoms with Crippen LogP contribution in [-0.2, 0) is 14.4 Å². The maximum absolute atomic E-state index is 13.1. The summed E-state index contributed by atoms with van der Waals surface area (Å²) in [6.45, 7) is -0.0495. The molecule has 26 heavy (non-hydrogen) atoms. The monoisotopic (exact) mass is 347 g/mol. The summed E-state index contributed by atoms with van der Waals surface area (Å²) in [5.74, 6) is -2.57. The average Bonchev–Trinajstić information content (AvgIpc) is 2.91. The van der Waals surface area contributed by atoms with Gasteiger partial charge in [-0.15, -0.1) is 0 Å². The lowest BCUT2D eigenvalue weighted by Crippen LogP contribution is -2.41. The van der Waals surface area contributed by atoms with Crippen molar-refractivity contribution in [3.8, 4) is 0 Å². The molecule has 2 amide bonds. The van der Waals surface area contributed by atoms with Crippen molar-refractivity contribution < 1.29 is 19.5 Å². The third-order valence-electron chi connectivity index (χ3n) is 6.09. The molecule has 0 unspecified atom stereocenters. The second-order valence-electron chi connectivity index (χ2n) is 7.24. The van der Waals surface area contributed by atoms with Crippen LogP contribution in [0.1, 0.15) is 40.5 Å². The molecule has 1 heterocycles. The normalized spacial score (nSPS) is 27.9. The Hall–Kier alpha value is -2.95. The number of nitrogens with zero attached hydrogens (tertiary/aromatic N) is 1. The number of carbonyl (C=O) groups is 3. The van der Waals surface area contributed by atoms with Gasteiger partial charge >= 0.3 is 5.97 Å². The van der Waals surface area contributed by atoms with Gasteiger partial charge in [0, 0.05) is 18.4 Å². The Morgan fingerprint density at radius 1 is 0.808 bits per heavy atom. The molecule has 4 aliphatic rings. The Kier molecular flexibility index (Phi) is 3.11.